The van der Waals surface area contributed by atoms with Gasteiger partial charge in [0.15, 0.2) is 5.69 Å². The van der Waals surface area contributed by atoms with Gasteiger partial charge in [-0.25, -0.2) is 0 Å². The summed E-state index contributed by atoms with van der Waals surface area (Å²) in [5.74, 6) is 0. The first-order valence-corrected chi connectivity index (χ1v) is 6.08. The quantitative estimate of drug-likeness (QED) is 0.494. The van der Waals surface area contributed by atoms with Crippen LogP contribution in [0.5, 0.6) is 0 Å². The molecule has 0 N–H and O–H groups in total. The first kappa shape index (κ1) is 13.6. The molecule has 0 radical (unpaired) electrons. The standard InChI is InChI=1S/C16H18N.HI/c1-11-12(2)17(3,4)16-14(11)10-9-13-7-5-6-8-15(13)16;/h5-10H,1-4H3;1H/q+1;/p-1. The van der Waals surface area contributed by atoms with Crippen LogP contribution in [0.1, 0.15) is 19.4 Å². The molecule has 0 fully saturated rings. The van der Waals surface area contributed by atoms with Crippen LogP contribution in [-0.4, -0.2) is 14.1 Å². The van der Waals surface area contributed by atoms with E-state index >= 15 is 0 Å². The maximum Gasteiger partial charge on any atom is 0.152 e. The topological polar surface area (TPSA) is 0 Å². The molecule has 2 aromatic carbocycles. The third-order valence-corrected chi connectivity index (χ3v) is 4.24. The molecule has 1 nitrogen and oxygen atoms in total. The largest absolute Gasteiger partial charge is 1.00 e. The molecule has 1 heterocycles. The van der Waals surface area contributed by atoms with E-state index in [0.717, 1.165) is 4.48 Å². The number of hydrogen-bond donors (Lipinski definition) is 0. The molecule has 3 rings (SSSR count). The van der Waals surface area contributed by atoms with Crippen molar-refractivity contribution in [2.24, 2.45) is 0 Å². The lowest BCUT2D eigenvalue weighted by molar-refractivity contribution is -0.00000354. The number of halogens is 1. The zero-order chi connectivity index (χ0) is 12.2. The van der Waals surface area contributed by atoms with Crippen LogP contribution in [-0.2, 0) is 0 Å². The Labute approximate surface area is 126 Å². The van der Waals surface area contributed by atoms with Gasteiger partial charge < -0.3 is 24.0 Å². The van der Waals surface area contributed by atoms with Crippen LogP contribution >= 0.6 is 0 Å². The molecule has 0 saturated carbocycles. The normalized spacial score (nSPS) is 16.7. The molecule has 0 bridgehead atoms. The molecule has 2 heteroatoms. The minimum absolute atomic E-state index is 0. The number of benzene rings is 2. The average Bonchev–Trinajstić information content (AvgIpc) is 2.51. The van der Waals surface area contributed by atoms with Gasteiger partial charge in [0.2, 0.25) is 0 Å². The molecule has 18 heavy (non-hydrogen) atoms. The predicted octanol–water partition coefficient (Wildman–Crippen LogP) is 1.18. The minimum Gasteiger partial charge on any atom is -1.00 e. The van der Waals surface area contributed by atoms with Crippen LogP contribution in [0.25, 0.3) is 16.3 Å². The lowest BCUT2D eigenvalue weighted by Gasteiger charge is -2.27. The van der Waals surface area contributed by atoms with Crippen molar-refractivity contribution in [3.05, 3.63) is 47.7 Å². The maximum absolute atomic E-state index is 2.27. The van der Waals surface area contributed by atoms with E-state index in [-0.39, 0.29) is 24.0 Å². The molecule has 0 unspecified atom stereocenters. The summed E-state index contributed by atoms with van der Waals surface area (Å²) in [5, 5.41) is 2.71. The van der Waals surface area contributed by atoms with Gasteiger partial charge in [0.1, 0.15) is 5.70 Å². The second-order valence-corrected chi connectivity index (χ2v) is 5.35. The SMILES string of the molecule is CC1=C(C)[N+](C)(C)c2c1ccc1ccccc21.[I-]. The molecule has 0 saturated heterocycles. The van der Waals surface area contributed by atoms with Gasteiger partial charge in [-0.1, -0.05) is 24.3 Å². The van der Waals surface area contributed by atoms with Crippen molar-refractivity contribution in [2.45, 2.75) is 13.8 Å². The average molecular weight is 351 g/mol. The van der Waals surface area contributed by atoms with E-state index in [1.807, 2.05) is 0 Å². The highest BCUT2D eigenvalue weighted by atomic mass is 127. The molecular weight excluding hydrogens is 333 g/mol. The van der Waals surface area contributed by atoms with Gasteiger partial charge in [-0.3, -0.25) is 4.48 Å². The van der Waals surface area contributed by atoms with E-state index in [9.17, 15) is 0 Å². The molecule has 1 aliphatic heterocycles. The van der Waals surface area contributed by atoms with E-state index in [2.05, 4.69) is 64.3 Å². The van der Waals surface area contributed by atoms with Gasteiger partial charge in [0, 0.05) is 23.4 Å². The fraction of sp³-hybridized carbons (Fsp3) is 0.250. The highest BCUT2D eigenvalue weighted by Crippen LogP contribution is 2.46. The third-order valence-electron chi connectivity index (χ3n) is 4.24. The van der Waals surface area contributed by atoms with Crippen LogP contribution in [0.2, 0.25) is 0 Å². The monoisotopic (exact) mass is 351 g/mol. The van der Waals surface area contributed by atoms with Gasteiger partial charge in [-0.15, -0.1) is 0 Å². The van der Waals surface area contributed by atoms with E-state index in [0.29, 0.717) is 0 Å². The Bertz CT molecular complexity index is 653. The zero-order valence-electron chi connectivity index (χ0n) is 11.3. The Morgan fingerprint density at radius 2 is 1.56 bits per heavy atom. The van der Waals surface area contributed by atoms with E-state index in [4.69, 9.17) is 0 Å². The Morgan fingerprint density at radius 3 is 2.28 bits per heavy atom. The number of rotatable bonds is 0. The summed E-state index contributed by atoms with van der Waals surface area (Å²) in [6.07, 6.45) is 0. The lowest BCUT2D eigenvalue weighted by Crippen LogP contribution is -3.00. The second kappa shape index (κ2) is 4.35. The molecule has 1 aliphatic rings. The molecule has 0 aliphatic carbocycles. The van der Waals surface area contributed by atoms with Crippen molar-refractivity contribution in [3.8, 4) is 0 Å². The smallest absolute Gasteiger partial charge is 0.152 e. The summed E-state index contributed by atoms with van der Waals surface area (Å²) in [7, 11) is 4.55. The third kappa shape index (κ3) is 1.62. The first-order chi connectivity index (χ1) is 8.03. The molecule has 0 amide bonds. The highest BCUT2D eigenvalue weighted by Gasteiger charge is 2.36. The molecule has 0 atom stereocenters. The number of nitrogens with zero attached hydrogens (tertiary/aromatic N) is 1. The number of fused-ring (bicyclic) bond motifs is 3. The summed E-state index contributed by atoms with van der Waals surface area (Å²) in [5.41, 5.74) is 5.72. The van der Waals surface area contributed by atoms with Crippen molar-refractivity contribution in [1.82, 2.24) is 4.48 Å². The summed E-state index contributed by atoms with van der Waals surface area (Å²) >= 11 is 0. The Kier molecular flexibility index (Phi) is 3.28. The van der Waals surface area contributed by atoms with Crippen LogP contribution in [0.15, 0.2) is 42.1 Å². The van der Waals surface area contributed by atoms with Crippen LogP contribution in [0.3, 0.4) is 0 Å². The van der Waals surface area contributed by atoms with Gasteiger partial charge in [0.25, 0.3) is 0 Å². The van der Waals surface area contributed by atoms with E-state index in [1.54, 1.807) is 0 Å². The van der Waals surface area contributed by atoms with Crippen molar-refractivity contribution in [2.75, 3.05) is 14.1 Å². The predicted molar refractivity (Wildman–Crippen MR) is 75.9 cm³/mol. The van der Waals surface area contributed by atoms with Crippen molar-refractivity contribution in [3.63, 3.8) is 0 Å². The summed E-state index contributed by atoms with van der Waals surface area (Å²) < 4.78 is 0.878. The number of hydrogen-bond acceptors (Lipinski definition) is 0. The van der Waals surface area contributed by atoms with Crippen LogP contribution in [0.4, 0.5) is 5.69 Å². The van der Waals surface area contributed by atoms with E-state index < -0.39 is 0 Å². The summed E-state index contributed by atoms with van der Waals surface area (Å²) in [6, 6.07) is 13.2. The van der Waals surface area contributed by atoms with Crippen molar-refractivity contribution < 1.29 is 24.0 Å². The van der Waals surface area contributed by atoms with Gasteiger partial charge >= 0.3 is 0 Å². The first-order valence-electron chi connectivity index (χ1n) is 6.08. The molecule has 94 valence electrons. The van der Waals surface area contributed by atoms with Crippen LogP contribution < -0.4 is 28.5 Å². The van der Waals surface area contributed by atoms with Crippen molar-refractivity contribution >= 4 is 22.0 Å². The summed E-state index contributed by atoms with van der Waals surface area (Å²) in [6.45, 7) is 4.47. The Hall–Kier alpha value is -0.870. The van der Waals surface area contributed by atoms with Gasteiger partial charge in [0.05, 0.1) is 14.1 Å². The van der Waals surface area contributed by atoms with E-state index in [1.165, 1.54) is 33.3 Å². The minimum atomic E-state index is 0. The maximum atomic E-state index is 2.27. The van der Waals surface area contributed by atoms with Gasteiger partial charge in [-0.2, -0.15) is 0 Å². The number of quaternary nitrogens is 1. The molecular formula is C16H18IN. The Morgan fingerprint density at radius 1 is 0.889 bits per heavy atom. The molecule has 0 spiro atoms. The highest BCUT2D eigenvalue weighted by molar-refractivity contribution is 6.02. The van der Waals surface area contributed by atoms with Crippen LogP contribution in [0, 0.1) is 0 Å². The molecule has 0 aromatic heterocycles. The Balaban J connectivity index is 0.00000120. The zero-order valence-corrected chi connectivity index (χ0v) is 13.4. The second-order valence-electron chi connectivity index (χ2n) is 5.35. The van der Waals surface area contributed by atoms with Crippen molar-refractivity contribution in [1.29, 1.82) is 0 Å². The fourth-order valence-corrected chi connectivity index (χ4v) is 2.94. The number of allylic oxidation sites excluding steroid dienone is 2. The fourth-order valence-electron chi connectivity index (χ4n) is 2.94. The lowest BCUT2D eigenvalue weighted by atomic mass is 10.0. The molecule has 2 aromatic rings. The summed E-state index contributed by atoms with van der Waals surface area (Å²) in [4.78, 5) is 0. The van der Waals surface area contributed by atoms with Gasteiger partial charge in [-0.05, 0) is 24.4 Å².